The van der Waals surface area contributed by atoms with Gasteiger partial charge in [-0.15, -0.1) is 0 Å². The SMILES string of the molecule is N#CCCc1ccccc1C#N. The summed E-state index contributed by atoms with van der Waals surface area (Å²) in [5.41, 5.74) is 1.63. The van der Waals surface area contributed by atoms with Crippen LogP contribution in [-0.4, -0.2) is 0 Å². The molecule has 0 aliphatic rings. The minimum Gasteiger partial charge on any atom is -0.198 e. The molecule has 0 aliphatic heterocycles. The smallest absolute Gasteiger partial charge is 0.0994 e. The van der Waals surface area contributed by atoms with Crippen LogP contribution in [0.2, 0.25) is 0 Å². The van der Waals surface area contributed by atoms with Gasteiger partial charge in [0.2, 0.25) is 0 Å². The van der Waals surface area contributed by atoms with Gasteiger partial charge in [0.05, 0.1) is 17.7 Å². The highest BCUT2D eigenvalue weighted by Gasteiger charge is 1.98. The molecule has 2 nitrogen and oxygen atoms in total. The number of nitrogens with zero attached hydrogens (tertiary/aromatic N) is 2. The van der Waals surface area contributed by atoms with E-state index in [4.69, 9.17) is 10.5 Å². The fourth-order valence-electron chi connectivity index (χ4n) is 1.04. The Kier molecular flexibility index (Phi) is 2.87. The molecular formula is C10H8N2. The van der Waals surface area contributed by atoms with Crippen LogP contribution in [0.4, 0.5) is 0 Å². The Morgan fingerprint density at radius 1 is 1.17 bits per heavy atom. The summed E-state index contributed by atoms with van der Waals surface area (Å²) in [6.45, 7) is 0. The van der Waals surface area contributed by atoms with Crippen molar-refractivity contribution >= 4 is 0 Å². The third-order valence-corrected chi connectivity index (χ3v) is 1.64. The molecule has 0 saturated carbocycles. The van der Waals surface area contributed by atoms with Gasteiger partial charge in [0.15, 0.2) is 0 Å². The van der Waals surface area contributed by atoms with E-state index in [2.05, 4.69) is 12.1 Å². The predicted octanol–water partition coefficient (Wildman–Crippen LogP) is 2.01. The Hall–Kier alpha value is -1.80. The molecule has 0 heterocycles. The van der Waals surface area contributed by atoms with Crippen molar-refractivity contribution in [3.05, 3.63) is 35.4 Å². The Balaban J connectivity index is 2.86. The molecule has 0 atom stereocenters. The zero-order valence-electron chi connectivity index (χ0n) is 6.62. The van der Waals surface area contributed by atoms with Crippen LogP contribution in [0, 0.1) is 22.7 Å². The monoisotopic (exact) mass is 156 g/mol. The molecule has 58 valence electrons. The van der Waals surface area contributed by atoms with Crippen LogP contribution in [-0.2, 0) is 6.42 Å². The number of hydrogen-bond donors (Lipinski definition) is 0. The molecule has 1 aromatic carbocycles. The van der Waals surface area contributed by atoms with Crippen LogP contribution in [0.25, 0.3) is 0 Å². The lowest BCUT2D eigenvalue weighted by Gasteiger charge is -1.98. The Morgan fingerprint density at radius 3 is 2.58 bits per heavy atom. The molecular weight excluding hydrogens is 148 g/mol. The van der Waals surface area contributed by atoms with Crippen molar-refractivity contribution < 1.29 is 0 Å². The zero-order chi connectivity index (χ0) is 8.81. The summed E-state index contributed by atoms with van der Waals surface area (Å²) in [5.74, 6) is 0. The molecule has 12 heavy (non-hydrogen) atoms. The summed E-state index contributed by atoms with van der Waals surface area (Å²) in [4.78, 5) is 0. The van der Waals surface area contributed by atoms with Crippen molar-refractivity contribution in [2.24, 2.45) is 0 Å². The number of aryl methyl sites for hydroxylation is 1. The third-order valence-electron chi connectivity index (χ3n) is 1.64. The van der Waals surface area contributed by atoms with Gasteiger partial charge in [0, 0.05) is 6.42 Å². The molecule has 0 unspecified atom stereocenters. The number of rotatable bonds is 2. The van der Waals surface area contributed by atoms with Gasteiger partial charge in [-0.1, -0.05) is 18.2 Å². The maximum atomic E-state index is 8.68. The largest absolute Gasteiger partial charge is 0.198 e. The average molecular weight is 156 g/mol. The van der Waals surface area contributed by atoms with Crippen molar-refractivity contribution in [3.63, 3.8) is 0 Å². The molecule has 0 aromatic heterocycles. The number of hydrogen-bond acceptors (Lipinski definition) is 2. The van der Waals surface area contributed by atoms with E-state index in [9.17, 15) is 0 Å². The van der Waals surface area contributed by atoms with E-state index < -0.39 is 0 Å². The summed E-state index contributed by atoms with van der Waals surface area (Å²) >= 11 is 0. The van der Waals surface area contributed by atoms with Gasteiger partial charge in [0.1, 0.15) is 0 Å². The van der Waals surface area contributed by atoms with E-state index in [-0.39, 0.29) is 0 Å². The highest BCUT2D eigenvalue weighted by Crippen LogP contribution is 2.08. The average Bonchev–Trinajstić information content (AvgIpc) is 2.15. The predicted molar refractivity (Wildman–Crippen MR) is 45.1 cm³/mol. The Labute approximate surface area is 71.7 Å². The fraction of sp³-hybridized carbons (Fsp3) is 0.200. The minimum atomic E-state index is 0.471. The Bertz CT molecular complexity index is 342. The van der Waals surface area contributed by atoms with Gasteiger partial charge < -0.3 is 0 Å². The number of nitriles is 2. The molecule has 0 N–H and O–H groups in total. The van der Waals surface area contributed by atoms with Crippen LogP contribution >= 0.6 is 0 Å². The van der Waals surface area contributed by atoms with E-state index in [0.717, 1.165) is 5.56 Å². The van der Waals surface area contributed by atoms with Crippen LogP contribution in [0.1, 0.15) is 17.5 Å². The molecule has 0 bridgehead atoms. The standard InChI is InChI=1S/C10H8N2/c11-7-3-6-9-4-1-2-5-10(9)8-12/h1-2,4-5H,3,6H2. The first-order valence-electron chi connectivity index (χ1n) is 3.73. The van der Waals surface area contributed by atoms with Gasteiger partial charge in [-0.3, -0.25) is 0 Å². The molecule has 0 amide bonds. The maximum absolute atomic E-state index is 8.68. The van der Waals surface area contributed by atoms with Crippen LogP contribution in [0.3, 0.4) is 0 Å². The van der Waals surface area contributed by atoms with Crippen molar-refractivity contribution in [2.45, 2.75) is 12.8 Å². The van der Waals surface area contributed by atoms with Gasteiger partial charge in [-0.05, 0) is 18.1 Å². The highest BCUT2D eigenvalue weighted by atomic mass is 14.2. The minimum absolute atomic E-state index is 0.471. The third kappa shape index (κ3) is 1.84. The summed E-state index contributed by atoms with van der Waals surface area (Å²) in [5, 5.41) is 17.0. The van der Waals surface area contributed by atoms with Crippen molar-refractivity contribution in [2.75, 3.05) is 0 Å². The summed E-state index contributed by atoms with van der Waals surface area (Å²) in [6, 6.07) is 11.5. The normalized spacial score (nSPS) is 8.50. The first-order valence-corrected chi connectivity index (χ1v) is 3.73. The second-order valence-electron chi connectivity index (χ2n) is 2.43. The summed E-state index contributed by atoms with van der Waals surface area (Å²) in [7, 11) is 0. The second kappa shape index (κ2) is 4.16. The van der Waals surface area contributed by atoms with Crippen LogP contribution < -0.4 is 0 Å². The molecule has 0 spiro atoms. The molecule has 0 radical (unpaired) electrons. The summed E-state index contributed by atoms with van der Waals surface area (Å²) in [6.07, 6.45) is 1.14. The molecule has 0 aliphatic carbocycles. The highest BCUT2D eigenvalue weighted by molar-refractivity contribution is 5.37. The van der Waals surface area contributed by atoms with Crippen molar-refractivity contribution in [3.8, 4) is 12.1 Å². The van der Waals surface area contributed by atoms with E-state index in [1.807, 2.05) is 18.2 Å². The van der Waals surface area contributed by atoms with E-state index in [1.165, 1.54) is 0 Å². The van der Waals surface area contributed by atoms with Crippen LogP contribution in [0.15, 0.2) is 24.3 Å². The van der Waals surface area contributed by atoms with E-state index in [1.54, 1.807) is 6.07 Å². The van der Waals surface area contributed by atoms with Crippen molar-refractivity contribution in [1.29, 1.82) is 10.5 Å². The van der Waals surface area contributed by atoms with Gasteiger partial charge in [-0.25, -0.2) is 0 Å². The maximum Gasteiger partial charge on any atom is 0.0994 e. The van der Waals surface area contributed by atoms with Crippen LogP contribution in [0.5, 0.6) is 0 Å². The molecule has 0 fully saturated rings. The molecule has 1 aromatic rings. The first kappa shape index (κ1) is 8.30. The van der Waals surface area contributed by atoms with Crippen molar-refractivity contribution in [1.82, 2.24) is 0 Å². The fourth-order valence-corrected chi connectivity index (χ4v) is 1.04. The first-order chi connectivity index (χ1) is 5.88. The quantitative estimate of drug-likeness (QED) is 0.657. The molecule has 0 saturated heterocycles. The van der Waals surface area contributed by atoms with Gasteiger partial charge in [0.25, 0.3) is 0 Å². The van der Waals surface area contributed by atoms with E-state index in [0.29, 0.717) is 18.4 Å². The van der Waals surface area contributed by atoms with Gasteiger partial charge in [-0.2, -0.15) is 10.5 Å². The Morgan fingerprint density at radius 2 is 1.92 bits per heavy atom. The zero-order valence-corrected chi connectivity index (χ0v) is 6.62. The lowest BCUT2D eigenvalue weighted by molar-refractivity contribution is 1.01. The number of benzene rings is 1. The molecule has 2 heteroatoms. The lowest BCUT2D eigenvalue weighted by Crippen LogP contribution is -1.88. The topological polar surface area (TPSA) is 47.6 Å². The van der Waals surface area contributed by atoms with E-state index >= 15 is 0 Å². The molecule has 1 rings (SSSR count). The lowest BCUT2D eigenvalue weighted by atomic mass is 10.0. The summed E-state index contributed by atoms with van der Waals surface area (Å²) < 4.78 is 0. The second-order valence-corrected chi connectivity index (χ2v) is 2.43. The van der Waals surface area contributed by atoms with Gasteiger partial charge >= 0.3 is 0 Å².